The summed E-state index contributed by atoms with van der Waals surface area (Å²) >= 11 is 0. The van der Waals surface area contributed by atoms with Gasteiger partial charge in [0.05, 0.1) is 18.8 Å². The van der Waals surface area contributed by atoms with E-state index in [9.17, 15) is 5.11 Å². The molecular formula is C21H30O4. The Labute approximate surface area is 150 Å². The first-order chi connectivity index (χ1) is 12.2. The van der Waals surface area contributed by atoms with Crippen LogP contribution in [0.25, 0.3) is 0 Å². The fraction of sp³-hybridized carbons (Fsp3) is 0.714. The summed E-state index contributed by atoms with van der Waals surface area (Å²) in [4.78, 5) is 0. The van der Waals surface area contributed by atoms with E-state index in [-0.39, 0.29) is 23.9 Å². The van der Waals surface area contributed by atoms with Crippen molar-refractivity contribution in [1.82, 2.24) is 0 Å². The van der Waals surface area contributed by atoms with Gasteiger partial charge in [0, 0.05) is 13.2 Å². The first-order valence-electron chi connectivity index (χ1n) is 9.81. The van der Waals surface area contributed by atoms with Gasteiger partial charge < -0.3 is 19.3 Å². The topological polar surface area (TPSA) is 47.9 Å². The van der Waals surface area contributed by atoms with Gasteiger partial charge in [-0.1, -0.05) is 24.3 Å². The summed E-state index contributed by atoms with van der Waals surface area (Å²) in [5.74, 6) is 0. The average Bonchev–Trinajstić information content (AvgIpc) is 2.69. The molecule has 0 aromatic heterocycles. The van der Waals surface area contributed by atoms with E-state index in [0.29, 0.717) is 6.61 Å². The molecule has 138 valence electrons. The molecule has 3 heterocycles. The fourth-order valence-corrected chi connectivity index (χ4v) is 4.63. The first-order valence-corrected chi connectivity index (χ1v) is 9.81. The van der Waals surface area contributed by atoms with Crippen molar-refractivity contribution in [2.75, 3.05) is 19.8 Å². The minimum atomic E-state index is -0.108. The predicted octanol–water partition coefficient (Wildman–Crippen LogP) is 3.90. The maximum Gasteiger partial charge on any atom is 0.158 e. The lowest BCUT2D eigenvalue weighted by molar-refractivity contribution is -0.193. The molecule has 1 saturated carbocycles. The molecule has 0 radical (unpaired) electrons. The number of aliphatic hydroxyl groups is 1. The Morgan fingerprint density at radius 1 is 1.08 bits per heavy atom. The highest BCUT2D eigenvalue weighted by atomic mass is 16.7. The summed E-state index contributed by atoms with van der Waals surface area (Å²) in [5, 5.41) is 9.31. The Morgan fingerprint density at radius 3 is 2.48 bits per heavy atom. The highest BCUT2D eigenvalue weighted by molar-refractivity contribution is 5.29. The number of ether oxygens (including phenoxy) is 3. The van der Waals surface area contributed by atoms with Crippen LogP contribution < -0.4 is 0 Å². The van der Waals surface area contributed by atoms with E-state index in [0.717, 1.165) is 58.2 Å². The minimum Gasteiger partial charge on any atom is -0.396 e. The third kappa shape index (κ3) is 3.63. The van der Waals surface area contributed by atoms with Gasteiger partial charge in [-0.2, -0.15) is 0 Å². The zero-order valence-electron chi connectivity index (χ0n) is 15.0. The summed E-state index contributed by atoms with van der Waals surface area (Å²) in [7, 11) is 0. The molecule has 2 bridgehead atoms. The third-order valence-electron chi connectivity index (χ3n) is 6.47. The lowest BCUT2D eigenvalue weighted by Crippen LogP contribution is -2.49. The van der Waals surface area contributed by atoms with Crippen molar-refractivity contribution in [3.8, 4) is 0 Å². The van der Waals surface area contributed by atoms with Crippen LogP contribution >= 0.6 is 0 Å². The van der Waals surface area contributed by atoms with Crippen LogP contribution in [0.15, 0.2) is 24.3 Å². The maximum absolute atomic E-state index is 9.31. The second-order valence-electron chi connectivity index (χ2n) is 8.06. The van der Waals surface area contributed by atoms with Gasteiger partial charge in [0.25, 0.3) is 0 Å². The number of hydrogen-bond donors (Lipinski definition) is 1. The van der Waals surface area contributed by atoms with E-state index < -0.39 is 0 Å². The average molecular weight is 346 g/mol. The zero-order valence-corrected chi connectivity index (χ0v) is 15.0. The number of hydrogen-bond acceptors (Lipinski definition) is 4. The third-order valence-corrected chi connectivity index (χ3v) is 6.47. The van der Waals surface area contributed by atoms with Crippen molar-refractivity contribution >= 4 is 0 Å². The van der Waals surface area contributed by atoms with Crippen LogP contribution in [-0.2, 0) is 26.4 Å². The second kappa shape index (κ2) is 7.36. The molecule has 1 aliphatic carbocycles. The SMILES string of the molecule is OCCC12CCC(c3ccc(COC4CCCCO4)cc3)(CC1)OC2. The van der Waals surface area contributed by atoms with Crippen molar-refractivity contribution in [3.63, 3.8) is 0 Å². The van der Waals surface area contributed by atoms with Gasteiger partial charge in [-0.3, -0.25) is 0 Å². The first kappa shape index (κ1) is 17.5. The van der Waals surface area contributed by atoms with Crippen LogP contribution in [0.5, 0.6) is 0 Å². The molecule has 1 aromatic rings. The number of benzene rings is 1. The smallest absolute Gasteiger partial charge is 0.158 e. The lowest BCUT2D eigenvalue weighted by Gasteiger charge is -2.53. The molecule has 4 aliphatic rings. The highest BCUT2D eigenvalue weighted by Crippen LogP contribution is 2.54. The molecule has 5 rings (SSSR count). The quantitative estimate of drug-likeness (QED) is 0.849. The maximum atomic E-state index is 9.31. The van der Waals surface area contributed by atoms with Gasteiger partial charge in [0.2, 0.25) is 0 Å². The Kier molecular flexibility index (Phi) is 5.14. The molecule has 1 aromatic carbocycles. The van der Waals surface area contributed by atoms with E-state index >= 15 is 0 Å². The molecule has 4 fully saturated rings. The van der Waals surface area contributed by atoms with E-state index in [1.807, 2.05) is 0 Å². The fourth-order valence-electron chi connectivity index (χ4n) is 4.63. The highest BCUT2D eigenvalue weighted by Gasteiger charge is 2.50. The minimum absolute atomic E-state index is 0.0355. The molecule has 4 nitrogen and oxygen atoms in total. The van der Waals surface area contributed by atoms with Crippen molar-refractivity contribution < 1.29 is 19.3 Å². The Morgan fingerprint density at radius 2 is 1.88 bits per heavy atom. The predicted molar refractivity (Wildman–Crippen MR) is 95.1 cm³/mol. The van der Waals surface area contributed by atoms with Crippen molar-refractivity contribution in [2.45, 2.75) is 69.9 Å². The van der Waals surface area contributed by atoms with E-state index in [1.54, 1.807) is 0 Å². The van der Waals surface area contributed by atoms with Crippen molar-refractivity contribution in [3.05, 3.63) is 35.4 Å². The van der Waals surface area contributed by atoms with Crippen molar-refractivity contribution in [1.29, 1.82) is 0 Å². The molecular weight excluding hydrogens is 316 g/mol. The van der Waals surface area contributed by atoms with Gasteiger partial charge >= 0.3 is 0 Å². The van der Waals surface area contributed by atoms with Crippen LogP contribution in [0.3, 0.4) is 0 Å². The number of aliphatic hydroxyl groups excluding tert-OH is 1. The van der Waals surface area contributed by atoms with Gasteiger partial charge in [0.15, 0.2) is 6.29 Å². The van der Waals surface area contributed by atoms with E-state index in [4.69, 9.17) is 14.2 Å². The molecule has 3 aliphatic heterocycles. The van der Waals surface area contributed by atoms with E-state index in [1.165, 1.54) is 17.5 Å². The van der Waals surface area contributed by atoms with Gasteiger partial charge in [-0.25, -0.2) is 0 Å². The molecule has 25 heavy (non-hydrogen) atoms. The van der Waals surface area contributed by atoms with E-state index in [2.05, 4.69) is 24.3 Å². The largest absolute Gasteiger partial charge is 0.396 e. The van der Waals surface area contributed by atoms with Gasteiger partial charge in [0.1, 0.15) is 0 Å². The monoisotopic (exact) mass is 346 g/mol. The lowest BCUT2D eigenvalue weighted by atomic mass is 9.63. The summed E-state index contributed by atoms with van der Waals surface area (Å²) in [6.45, 7) is 2.49. The van der Waals surface area contributed by atoms with Gasteiger partial charge in [-0.05, 0) is 67.9 Å². The second-order valence-corrected chi connectivity index (χ2v) is 8.06. The van der Waals surface area contributed by atoms with Crippen LogP contribution in [-0.4, -0.2) is 31.2 Å². The van der Waals surface area contributed by atoms with Crippen LogP contribution in [0.1, 0.15) is 62.5 Å². The Balaban J connectivity index is 1.36. The molecule has 0 spiro atoms. The summed E-state index contributed by atoms with van der Waals surface area (Å²) in [6, 6.07) is 8.76. The van der Waals surface area contributed by atoms with Crippen LogP contribution in [0.4, 0.5) is 0 Å². The molecule has 0 amide bonds. The standard InChI is InChI=1S/C21H30O4/c22-13-12-20-8-10-21(11-9-20,25-16-20)18-6-4-17(5-7-18)15-24-19-3-1-2-14-23-19/h4-7,19,22H,1-3,8-16H2. The summed E-state index contributed by atoms with van der Waals surface area (Å²) in [6.07, 6.45) is 8.66. The normalized spacial score (nSPS) is 35.0. The summed E-state index contributed by atoms with van der Waals surface area (Å²) in [5.41, 5.74) is 2.60. The zero-order chi connectivity index (χ0) is 17.2. The van der Waals surface area contributed by atoms with Crippen LogP contribution in [0, 0.1) is 5.41 Å². The number of rotatable bonds is 6. The molecule has 1 unspecified atom stereocenters. The van der Waals surface area contributed by atoms with Gasteiger partial charge in [-0.15, -0.1) is 0 Å². The Bertz CT molecular complexity index is 537. The molecule has 1 N–H and O–H groups in total. The number of fused-ring (bicyclic) bond motifs is 3. The molecule has 4 heteroatoms. The van der Waals surface area contributed by atoms with Crippen molar-refractivity contribution in [2.24, 2.45) is 5.41 Å². The molecule has 3 saturated heterocycles. The summed E-state index contributed by atoms with van der Waals surface area (Å²) < 4.78 is 17.8. The molecule has 1 atom stereocenters. The van der Waals surface area contributed by atoms with Crippen LogP contribution in [0.2, 0.25) is 0 Å². The Hall–Kier alpha value is -0.940.